The number of carboxylic acid groups (broad SMARTS) is 1. The van der Waals surface area contributed by atoms with E-state index >= 15 is 0 Å². The third kappa shape index (κ3) is 16.8. The van der Waals surface area contributed by atoms with Crippen molar-refractivity contribution >= 4 is 35.5 Å². The number of aliphatic carboxylic acids is 1. The third-order valence-electron chi connectivity index (χ3n) is 4.59. The Hall–Kier alpha value is -1.50. The lowest BCUT2D eigenvalue weighted by Crippen LogP contribution is -2.32. The van der Waals surface area contributed by atoms with Gasteiger partial charge in [-0.2, -0.15) is 12.6 Å². The number of rotatable bonds is 17. The molecule has 0 fully saturated rings. The Bertz CT molecular complexity index is 653. The first kappa shape index (κ1) is 29.5. The number of carbonyl (C=O) groups excluding carboxylic acids is 1. The monoisotopic (exact) mass is 465 g/mol. The summed E-state index contributed by atoms with van der Waals surface area (Å²) in [5, 5.41) is 8.78. The molecule has 6 heteroatoms. The molecule has 174 valence electrons. The SMILES string of the molecule is C=C(C/C=C\C\C=C/C=C/C=C/[C@@H](SC(=O)[C@@H](N)CS)[C@@H](C)CCCCC)CC(=O)O. The molecule has 0 aliphatic rings. The minimum atomic E-state index is -0.846. The number of hydrogen-bond acceptors (Lipinski definition) is 5. The molecule has 31 heavy (non-hydrogen) atoms. The van der Waals surface area contributed by atoms with Crippen LogP contribution in [0.1, 0.15) is 58.8 Å². The smallest absolute Gasteiger partial charge is 0.307 e. The lowest BCUT2D eigenvalue weighted by atomic mass is 9.99. The van der Waals surface area contributed by atoms with Gasteiger partial charge in [-0.3, -0.25) is 9.59 Å². The zero-order chi connectivity index (χ0) is 23.5. The van der Waals surface area contributed by atoms with E-state index in [9.17, 15) is 9.59 Å². The van der Waals surface area contributed by atoms with E-state index in [0.717, 1.165) is 12.8 Å². The molecule has 0 saturated heterocycles. The minimum absolute atomic E-state index is 0.00584. The Morgan fingerprint density at radius 2 is 1.84 bits per heavy atom. The zero-order valence-electron chi connectivity index (χ0n) is 18.9. The molecule has 4 nitrogen and oxygen atoms in total. The normalized spacial score (nSPS) is 15.2. The molecular weight excluding hydrogens is 426 g/mol. The van der Waals surface area contributed by atoms with Crippen LogP contribution >= 0.6 is 24.4 Å². The van der Waals surface area contributed by atoms with Crippen molar-refractivity contribution in [1.29, 1.82) is 0 Å². The van der Waals surface area contributed by atoms with Gasteiger partial charge in [0.2, 0.25) is 5.12 Å². The topological polar surface area (TPSA) is 80.4 Å². The van der Waals surface area contributed by atoms with E-state index in [2.05, 4.69) is 39.1 Å². The van der Waals surface area contributed by atoms with Gasteiger partial charge in [-0.1, -0.05) is 106 Å². The molecule has 0 aliphatic heterocycles. The fourth-order valence-corrected chi connectivity index (χ4v) is 4.05. The number of hydrogen-bond donors (Lipinski definition) is 3. The summed E-state index contributed by atoms with van der Waals surface area (Å²) < 4.78 is 0. The molecule has 0 spiro atoms. The summed E-state index contributed by atoms with van der Waals surface area (Å²) >= 11 is 5.45. The number of allylic oxidation sites excluding steroid dienone is 7. The highest BCUT2D eigenvalue weighted by atomic mass is 32.2. The maximum absolute atomic E-state index is 12.3. The molecule has 0 bridgehead atoms. The lowest BCUT2D eigenvalue weighted by molar-refractivity contribution is -0.136. The fraction of sp³-hybridized carbons (Fsp3) is 0.520. The lowest BCUT2D eigenvalue weighted by Gasteiger charge is -2.21. The Morgan fingerprint density at radius 3 is 2.48 bits per heavy atom. The van der Waals surface area contributed by atoms with Crippen molar-refractivity contribution in [3.63, 3.8) is 0 Å². The Morgan fingerprint density at radius 1 is 1.13 bits per heavy atom. The highest BCUT2D eigenvalue weighted by Gasteiger charge is 2.21. The molecule has 0 heterocycles. The van der Waals surface area contributed by atoms with Crippen molar-refractivity contribution in [3.8, 4) is 0 Å². The van der Waals surface area contributed by atoms with E-state index in [1.165, 1.54) is 31.0 Å². The van der Waals surface area contributed by atoms with E-state index < -0.39 is 12.0 Å². The molecule has 3 N–H and O–H groups in total. The summed E-state index contributed by atoms with van der Waals surface area (Å²) in [5.74, 6) is -0.0885. The highest BCUT2D eigenvalue weighted by molar-refractivity contribution is 8.14. The molecule has 0 unspecified atom stereocenters. The van der Waals surface area contributed by atoms with Crippen LogP contribution in [0.5, 0.6) is 0 Å². The van der Waals surface area contributed by atoms with Gasteiger partial charge in [-0.25, -0.2) is 0 Å². The number of thiol groups is 1. The van der Waals surface area contributed by atoms with Crippen LogP contribution in [-0.4, -0.2) is 33.2 Å². The minimum Gasteiger partial charge on any atom is -0.481 e. The summed E-state index contributed by atoms with van der Waals surface area (Å²) in [4.78, 5) is 22.8. The van der Waals surface area contributed by atoms with Crippen LogP contribution in [-0.2, 0) is 9.59 Å². The summed E-state index contributed by atoms with van der Waals surface area (Å²) in [5.41, 5.74) is 6.54. The van der Waals surface area contributed by atoms with Gasteiger partial charge in [0.15, 0.2) is 0 Å². The molecule has 0 saturated carbocycles. The Balaban J connectivity index is 4.57. The molecule has 3 atom stereocenters. The first-order valence-corrected chi connectivity index (χ1v) is 12.4. The molecule has 0 radical (unpaired) electrons. The summed E-state index contributed by atoms with van der Waals surface area (Å²) in [6, 6.07) is -0.528. The number of nitrogens with two attached hydrogens (primary N) is 1. The van der Waals surface area contributed by atoms with Crippen molar-refractivity contribution in [2.75, 3.05) is 5.75 Å². The molecule has 0 aromatic carbocycles. The van der Waals surface area contributed by atoms with Crippen molar-refractivity contribution in [3.05, 3.63) is 60.8 Å². The van der Waals surface area contributed by atoms with Crippen molar-refractivity contribution in [2.24, 2.45) is 11.7 Å². The predicted molar refractivity (Wildman–Crippen MR) is 139 cm³/mol. The Labute approximate surface area is 198 Å². The number of unbranched alkanes of at least 4 members (excludes halogenated alkanes) is 2. The summed E-state index contributed by atoms with van der Waals surface area (Å²) in [6.45, 7) is 8.12. The van der Waals surface area contributed by atoms with E-state index in [1.54, 1.807) is 0 Å². The van der Waals surface area contributed by atoms with Gasteiger partial charge in [0.05, 0.1) is 12.5 Å². The maximum atomic E-state index is 12.3. The first-order valence-electron chi connectivity index (χ1n) is 10.9. The van der Waals surface area contributed by atoms with Crippen LogP contribution in [0, 0.1) is 5.92 Å². The average Bonchev–Trinajstić information content (AvgIpc) is 2.72. The third-order valence-corrected chi connectivity index (χ3v) is 6.41. The van der Waals surface area contributed by atoms with Crippen LogP contribution in [0.25, 0.3) is 0 Å². The Kier molecular flexibility index (Phi) is 18.3. The van der Waals surface area contributed by atoms with Gasteiger partial charge in [0.25, 0.3) is 0 Å². The second-order valence-corrected chi connectivity index (χ2v) is 9.14. The molecule has 0 aliphatic carbocycles. The predicted octanol–water partition coefficient (Wildman–Crippen LogP) is 6.12. The molecule has 0 amide bonds. The largest absolute Gasteiger partial charge is 0.481 e. The molecule has 0 rings (SSSR count). The van der Waals surface area contributed by atoms with Crippen molar-refractivity contribution in [1.82, 2.24) is 0 Å². The van der Waals surface area contributed by atoms with Crippen LogP contribution in [0.4, 0.5) is 0 Å². The number of thioether (sulfide) groups is 1. The number of carbonyl (C=O) groups is 2. The van der Waals surface area contributed by atoms with Crippen LogP contribution in [0.15, 0.2) is 60.8 Å². The first-order chi connectivity index (χ1) is 14.8. The van der Waals surface area contributed by atoms with Gasteiger partial charge in [-0.05, 0) is 25.2 Å². The van der Waals surface area contributed by atoms with Crippen LogP contribution in [0.3, 0.4) is 0 Å². The van der Waals surface area contributed by atoms with Crippen molar-refractivity contribution < 1.29 is 14.7 Å². The quantitative estimate of drug-likeness (QED) is 0.104. The van der Waals surface area contributed by atoms with Gasteiger partial charge < -0.3 is 10.8 Å². The second kappa shape index (κ2) is 19.2. The number of carboxylic acids is 1. The van der Waals surface area contributed by atoms with Gasteiger partial charge in [-0.15, -0.1) is 0 Å². The molecule has 0 aromatic rings. The van der Waals surface area contributed by atoms with E-state index in [-0.39, 0.29) is 16.8 Å². The van der Waals surface area contributed by atoms with Crippen molar-refractivity contribution in [2.45, 2.75) is 70.1 Å². The standard InChI is InChI=1S/C25H39NO3S2/c1-4-5-12-16-21(3)23(31-25(29)22(26)19-30)17-14-11-9-7-6-8-10-13-15-20(2)18-24(27)28/h6-7,9-11,13-14,17,21-23,30H,2,4-5,8,12,15-16,18-19,26H2,1,3H3,(H,27,28)/b7-6-,11-9+,13-10-,17-14+/t21-,22-,23+/m0/s1. The highest BCUT2D eigenvalue weighted by Crippen LogP contribution is 2.27. The summed E-state index contributed by atoms with van der Waals surface area (Å²) in [6.07, 6.45) is 22.0. The second-order valence-electron chi connectivity index (χ2n) is 7.59. The van der Waals surface area contributed by atoms with E-state index in [1.807, 2.05) is 42.5 Å². The van der Waals surface area contributed by atoms with E-state index in [4.69, 9.17) is 10.8 Å². The maximum Gasteiger partial charge on any atom is 0.307 e. The zero-order valence-corrected chi connectivity index (χ0v) is 20.6. The average molecular weight is 466 g/mol. The van der Waals surface area contributed by atoms with E-state index in [0.29, 0.717) is 23.7 Å². The summed E-state index contributed by atoms with van der Waals surface area (Å²) in [7, 11) is 0. The van der Waals surface area contributed by atoms with Gasteiger partial charge in [0, 0.05) is 11.0 Å². The van der Waals surface area contributed by atoms with Gasteiger partial charge in [0.1, 0.15) is 0 Å². The molecular formula is C25H39NO3S2. The van der Waals surface area contributed by atoms with Gasteiger partial charge >= 0.3 is 5.97 Å². The fourth-order valence-electron chi connectivity index (χ4n) is 2.69. The molecule has 0 aromatic heterocycles. The van der Waals surface area contributed by atoms with Crippen LogP contribution < -0.4 is 5.73 Å². The van der Waals surface area contributed by atoms with Crippen LogP contribution in [0.2, 0.25) is 0 Å².